The van der Waals surface area contributed by atoms with Crippen LogP contribution in [0.3, 0.4) is 0 Å². The topological polar surface area (TPSA) is 38.0 Å². The zero-order valence-electron chi connectivity index (χ0n) is 8.45. The van der Waals surface area contributed by atoms with E-state index in [1.165, 1.54) is 19.3 Å². The predicted octanol–water partition coefficient (Wildman–Crippen LogP) is 1.87. The van der Waals surface area contributed by atoms with Crippen molar-refractivity contribution in [2.45, 2.75) is 46.3 Å². The second-order valence-electron chi connectivity index (χ2n) is 3.37. The zero-order chi connectivity index (χ0) is 9.68. The summed E-state index contributed by atoms with van der Waals surface area (Å²) in [7, 11) is 0. The molecule has 3 heteroatoms. The average molecular weight is 182 g/mol. The van der Waals surface area contributed by atoms with E-state index in [9.17, 15) is 0 Å². The Morgan fingerprint density at radius 3 is 2.77 bits per heavy atom. The first-order valence-corrected chi connectivity index (χ1v) is 4.91. The maximum atomic E-state index is 8.95. The number of aliphatic hydroxyl groups excluding tert-OH is 1. The van der Waals surface area contributed by atoms with Crippen LogP contribution in [-0.4, -0.2) is 14.9 Å². The standard InChI is InChI=1S/C10H18N2O/c1-3-4-5-6-12-7-10(8-13)9(2)11-12/h7,13H,3-6,8H2,1-2H3. The Hall–Kier alpha value is -0.830. The summed E-state index contributed by atoms with van der Waals surface area (Å²) in [5, 5.41) is 13.3. The van der Waals surface area contributed by atoms with Gasteiger partial charge in [-0.3, -0.25) is 4.68 Å². The summed E-state index contributed by atoms with van der Waals surface area (Å²) in [4.78, 5) is 0. The Bertz CT molecular complexity index is 255. The minimum Gasteiger partial charge on any atom is -0.392 e. The highest BCUT2D eigenvalue weighted by atomic mass is 16.3. The highest BCUT2D eigenvalue weighted by Crippen LogP contribution is 2.06. The lowest BCUT2D eigenvalue weighted by Gasteiger charge is -1.98. The molecule has 0 aliphatic heterocycles. The highest BCUT2D eigenvalue weighted by molar-refractivity contribution is 5.13. The van der Waals surface area contributed by atoms with Crippen molar-refractivity contribution in [1.29, 1.82) is 0 Å². The number of aromatic nitrogens is 2. The molecular formula is C10H18N2O. The van der Waals surface area contributed by atoms with E-state index in [2.05, 4.69) is 12.0 Å². The molecule has 0 spiro atoms. The SMILES string of the molecule is CCCCCn1cc(CO)c(C)n1. The fraction of sp³-hybridized carbons (Fsp3) is 0.700. The first kappa shape index (κ1) is 10.3. The van der Waals surface area contributed by atoms with Crippen molar-refractivity contribution in [3.05, 3.63) is 17.5 Å². The van der Waals surface area contributed by atoms with E-state index in [1.807, 2.05) is 17.8 Å². The van der Waals surface area contributed by atoms with Crippen molar-refractivity contribution >= 4 is 0 Å². The quantitative estimate of drug-likeness (QED) is 0.706. The van der Waals surface area contributed by atoms with Gasteiger partial charge in [-0.05, 0) is 13.3 Å². The van der Waals surface area contributed by atoms with E-state index in [0.717, 1.165) is 17.8 Å². The van der Waals surface area contributed by atoms with Gasteiger partial charge in [0.1, 0.15) is 0 Å². The molecular weight excluding hydrogens is 164 g/mol. The molecule has 3 nitrogen and oxygen atoms in total. The molecule has 0 atom stereocenters. The predicted molar refractivity (Wildman–Crippen MR) is 52.4 cm³/mol. The Morgan fingerprint density at radius 2 is 2.23 bits per heavy atom. The third kappa shape index (κ3) is 2.84. The largest absolute Gasteiger partial charge is 0.392 e. The highest BCUT2D eigenvalue weighted by Gasteiger charge is 2.02. The summed E-state index contributed by atoms with van der Waals surface area (Å²) in [6, 6.07) is 0. The molecule has 1 rings (SSSR count). The van der Waals surface area contributed by atoms with Gasteiger partial charge >= 0.3 is 0 Å². The molecule has 13 heavy (non-hydrogen) atoms. The van der Waals surface area contributed by atoms with Crippen LogP contribution < -0.4 is 0 Å². The molecule has 0 aliphatic rings. The second kappa shape index (κ2) is 5.02. The molecule has 0 unspecified atom stereocenters. The van der Waals surface area contributed by atoms with E-state index in [-0.39, 0.29) is 6.61 Å². The van der Waals surface area contributed by atoms with Crippen molar-refractivity contribution in [2.75, 3.05) is 0 Å². The van der Waals surface area contributed by atoms with Gasteiger partial charge in [0, 0.05) is 18.3 Å². The number of hydrogen-bond donors (Lipinski definition) is 1. The van der Waals surface area contributed by atoms with Crippen LogP contribution in [0, 0.1) is 6.92 Å². The maximum absolute atomic E-state index is 8.95. The van der Waals surface area contributed by atoms with Crippen LogP contribution in [0.15, 0.2) is 6.20 Å². The van der Waals surface area contributed by atoms with Crippen LogP contribution in [0.1, 0.15) is 37.4 Å². The number of aliphatic hydroxyl groups is 1. The monoisotopic (exact) mass is 182 g/mol. The normalized spacial score (nSPS) is 10.7. The summed E-state index contributed by atoms with van der Waals surface area (Å²) in [5.41, 5.74) is 1.88. The molecule has 0 radical (unpaired) electrons. The van der Waals surface area contributed by atoms with Gasteiger partial charge in [0.25, 0.3) is 0 Å². The van der Waals surface area contributed by atoms with Crippen LogP contribution in [0.4, 0.5) is 0 Å². The minimum atomic E-state index is 0.0968. The van der Waals surface area contributed by atoms with E-state index >= 15 is 0 Å². The summed E-state index contributed by atoms with van der Waals surface area (Å²) in [6.45, 7) is 5.18. The first-order valence-electron chi connectivity index (χ1n) is 4.91. The van der Waals surface area contributed by atoms with Crippen LogP contribution in [0.5, 0.6) is 0 Å². The van der Waals surface area contributed by atoms with Crippen molar-refractivity contribution in [2.24, 2.45) is 0 Å². The molecule has 0 aromatic carbocycles. The van der Waals surface area contributed by atoms with Crippen LogP contribution in [0.25, 0.3) is 0 Å². The van der Waals surface area contributed by atoms with E-state index in [0.29, 0.717) is 0 Å². The minimum absolute atomic E-state index is 0.0968. The molecule has 0 fully saturated rings. The van der Waals surface area contributed by atoms with Gasteiger partial charge in [0.2, 0.25) is 0 Å². The van der Waals surface area contributed by atoms with Crippen LogP contribution in [0.2, 0.25) is 0 Å². The molecule has 0 bridgehead atoms. The van der Waals surface area contributed by atoms with Gasteiger partial charge in [-0.15, -0.1) is 0 Å². The van der Waals surface area contributed by atoms with Gasteiger partial charge in [-0.25, -0.2) is 0 Å². The molecule has 1 aromatic heterocycles. The van der Waals surface area contributed by atoms with Gasteiger partial charge in [0.05, 0.1) is 12.3 Å². The van der Waals surface area contributed by atoms with Gasteiger partial charge in [0.15, 0.2) is 0 Å². The lowest BCUT2D eigenvalue weighted by molar-refractivity contribution is 0.281. The van der Waals surface area contributed by atoms with E-state index in [4.69, 9.17) is 5.11 Å². The summed E-state index contributed by atoms with van der Waals surface area (Å²) in [5.74, 6) is 0. The van der Waals surface area contributed by atoms with Crippen molar-refractivity contribution in [1.82, 2.24) is 9.78 Å². The van der Waals surface area contributed by atoms with Gasteiger partial charge in [-0.1, -0.05) is 19.8 Å². The number of rotatable bonds is 5. The number of unbranched alkanes of at least 4 members (excludes halogenated alkanes) is 2. The Labute approximate surface area is 79.4 Å². The van der Waals surface area contributed by atoms with E-state index in [1.54, 1.807) is 0 Å². The van der Waals surface area contributed by atoms with Crippen LogP contribution >= 0.6 is 0 Å². The Morgan fingerprint density at radius 1 is 1.46 bits per heavy atom. The lowest BCUT2D eigenvalue weighted by atomic mass is 10.2. The number of nitrogens with zero attached hydrogens (tertiary/aromatic N) is 2. The molecule has 1 N–H and O–H groups in total. The lowest BCUT2D eigenvalue weighted by Crippen LogP contribution is -1.98. The molecule has 0 amide bonds. The molecule has 74 valence electrons. The summed E-state index contributed by atoms with van der Waals surface area (Å²) >= 11 is 0. The third-order valence-electron chi connectivity index (χ3n) is 2.21. The second-order valence-corrected chi connectivity index (χ2v) is 3.37. The Kier molecular flexibility index (Phi) is 3.96. The number of aryl methyl sites for hydroxylation is 2. The number of hydrogen-bond acceptors (Lipinski definition) is 2. The smallest absolute Gasteiger partial charge is 0.0715 e. The van der Waals surface area contributed by atoms with Crippen molar-refractivity contribution in [3.63, 3.8) is 0 Å². The first-order chi connectivity index (χ1) is 6.27. The fourth-order valence-electron chi connectivity index (χ4n) is 1.35. The van der Waals surface area contributed by atoms with E-state index < -0.39 is 0 Å². The molecule has 0 aliphatic carbocycles. The van der Waals surface area contributed by atoms with Crippen LogP contribution in [-0.2, 0) is 13.2 Å². The van der Waals surface area contributed by atoms with Crippen molar-refractivity contribution < 1.29 is 5.11 Å². The molecule has 0 saturated carbocycles. The Balaban J connectivity index is 2.48. The fourth-order valence-corrected chi connectivity index (χ4v) is 1.35. The van der Waals surface area contributed by atoms with Gasteiger partial charge in [-0.2, -0.15) is 5.10 Å². The third-order valence-corrected chi connectivity index (χ3v) is 2.21. The van der Waals surface area contributed by atoms with Gasteiger partial charge < -0.3 is 5.11 Å². The molecule has 0 saturated heterocycles. The summed E-state index contributed by atoms with van der Waals surface area (Å²) in [6.07, 6.45) is 5.58. The molecule has 1 aromatic rings. The maximum Gasteiger partial charge on any atom is 0.0715 e. The van der Waals surface area contributed by atoms with Crippen molar-refractivity contribution in [3.8, 4) is 0 Å². The zero-order valence-corrected chi connectivity index (χ0v) is 8.45. The molecule has 1 heterocycles. The average Bonchev–Trinajstić information content (AvgIpc) is 2.47. The summed E-state index contributed by atoms with van der Waals surface area (Å²) < 4.78 is 1.93.